The van der Waals surface area contributed by atoms with Crippen LogP contribution in [0.1, 0.15) is 24.2 Å². The molecule has 9 heteroatoms. The Balaban J connectivity index is 1.86. The second-order valence-electron chi connectivity index (χ2n) is 5.76. The SMILES string of the molecule is CCOC(=O)Nc1nc2ccccc2n1C(=N)Oc1ccc(C(=O)OCC)cc1. The Bertz CT molecular complexity index is 1040. The topological polar surface area (TPSA) is 116 Å². The number of benzene rings is 2. The highest BCUT2D eigenvalue weighted by Crippen LogP contribution is 2.21. The zero-order valence-electron chi connectivity index (χ0n) is 16.0. The van der Waals surface area contributed by atoms with Crippen molar-refractivity contribution in [3.05, 3.63) is 54.1 Å². The Morgan fingerprint density at radius 2 is 1.72 bits per heavy atom. The lowest BCUT2D eigenvalue weighted by Crippen LogP contribution is -2.23. The van der Waals surface area contributed by atoms with Crippen LogP contribution in [0.2, 0.25) is 0 Å². The number of rotatable bonds is 5. The number of ether oxygens (including phenoxy) is 3. The van der Waals surface area contributed by atoms with Crippen LogP contribution in [-0.4, -0.2) is 40.8 Å². The molecule has 0 saturated carbocycles. The molecule has 0 radical (unpaired) electrons. The predicted octanol–water partition coefficient (Wildman–Crippen LogP) is 3.64. The minimum atomic E-state index is -0.685. The molecule has 1 aromatic heterocycles. The predicted molar refractivity (Wildman–Crippen MR) is 107 cm³/mol. The number of carbonyl (C=O) groups is 2. The van der Waals surface area contributed by atoms with Crippen molar-refractivity contribution in [2.24, 2.45) is 0 Å². The third-order valence-electron chi connectivity index (χ3n) is 3.83. The normalized spacial score (nSPS) is 10.4. The van der Waals surface area contributed by atoms with Crippen molar-refractivity contribution in [3.63, 3.8) is 0 Å². The van der Waals surface area contributed by atoms with Crippen LogP contribution >= 0.6 is 0 Å². The van der Waals surface area contributed by atoms with E-state index in [9.17, 15) is 9.59 Å². The molecule has 2 aromatic carbocycles. The van der Waals surface area contributed by atoms with E-state index in [4.69, 9.17) is 19.6 Å². The van der Waals surface area contributed by atoms with Crippen LogP contribution in [0.15, 0.2) is 48.5 Å². The molecule has 29 heavy (non-hydrogen) atoms. The van der Waals surface area contributed by atoms with Crippen molar-refractivity contribution in [1.29, 1.82) is 5.41 Å². The Morgan fingerprint density at radius 1 is 1.03 bits per heavy atom. The minimum absolute atomic E-state index is 0.0952. The number of aromatic nitrogens is 2. The van der Waals surface area contributed by atoms with E-state index in [2.05, 4.69) is 10.3 Å². The summed E-state index contributed by atoms with van der Waals surface area (Å²) in [7, 11) is 0. The van der Waals surface area contributed by atoms with Crippen LogP contribution in [0.5, 0.6) is 5.75 Å². The van der Waals surface area contributed by atoms with Gasteiger partial charge in [0.1, 0.15) is 5.75 Å². The molecule has 1 heterocycles. The van der Waals surface area contributed by atoms with Gasteiger partial charge in [0.05, 0.1) is 29.8 Å². The monoisotopic (exact) mass is 396 g/mol. The smallest absolute Gasteiger partial charge is 0.413 e. The Kier molecular flexibility index (Phi) is 6.08. The van der Waals surface area contributed by atoms with Crippen molar-refractivity contribution in [2.75, 3.05) is 18.5 Å². The van der Waals surface area contributed by atoms with Crippen molar-refractivity contribution in [2.45, 2.75) is 13.8 Å². The molecule has 0 spiro atoms. The summed E-state index contributed by atoms with van der Waals surface area (Å²) >= 11 is 0. The van der Waals surface area contributed by atoms with Crippen LogP contribution in [0.25, 0.3) is 11.0 Å². The van der Waals surface area contributed by atoms with Gasteiger partial charge < -0.3 is 14.2 Å². The fourth-order valence-electron chi connectivity index (χ4n) is 2.60. The van der Waals surface area contributed by atoms with E-state index < -0.39 is 12.1 Å². The van der Waals surface area contributed by atoms with E-state index in [-0.39, 0.29) is 25.2 Å². The second kappa shape index (κ2) is 8.87. The molecule has 0 atom stereocenters. The summed E-state index contributed by atoms with van der Waals surface area (Å²) in [6.45, 7) is 3.90. The number of nitrogens with zero attached hydrogens (tertiary/aromatic N) is 2. The summed E-state index contributed by atoms with van der Waals surface area (Å²) in [5.41, 5.74) is 1.53. The maximum absolute atomic E-state index is 11.8. The van der Waals surface area contributed by atoms with Gasteiger partial charge in [-0.15, -0.1) is 0 Å². The average Bonchev–Trinajstić information content (AvgIpc) is 3.06. The highest BCUT2D eigenvalue weighted by molar-refractivity contribution is 5.96. The standard InChI is InChI=1S/C20H20N4O5/c1-3-27-17(25)13-9-11-14(12-10-13)29-18(21)24-16-8-6-5-7-15(16)22-19(24)23-20(26)28-4-2/h5-12,21H,3-4H2,1-2H3,(H,22,23,26). The first kappa shape index (κ1) is 19.9. The van der Waals surface area contributed by atoms with E-state index in [0.717, 1.165) is 0 Å². The molecular formula is C20H20N4O5. The zero-order valence-corrected chi connectivity index (χ0v) is 16.0. The highest BCUT2D eigenvalue weighted by Gasteiger charge is 2.18. The first-order chi connectivity index (χ1) is 14.0. The molecule has 0 aliphatic rings. The van der Waals surface area contributed by atoms with Gasteiger partial charge in [-0.1, -0.05) is 12.1 Å². The zero-order chi connectivity index (χ0) is 20.8. The summed E-state index contributed by atoms with van der Waals surface area (Å²) < 4.78 is 16.8. The number of carbonyl (C=O) groups excluding carboxylic acids is 2. The molecule has 0 aliphatic heterocycles. The van der Waals surface area contributed by atoms with Crippen LogP contribution in [-0.2, 0) is 9.47 Å². The van der Waals surface area contributed by atoms with Gasteiger partial charge >= 0.3 is 18.1 Å². The molecule has 3 aromatic rings. The molecule has 0 bridgehead atoms. The Labute approximate surface area is 166 Å². The molecule has 0 saturated heterocycles. The van der Waals surface area contributed by atoms with Gasteiger partial charge in [-0.3, -0.25) is 10.7 Å². The van der Waals surface area contributed by atoms with Crippen molar-refractivity contribution in [1.82, 2.24) is 9.55 Å². The number of anilines is 1. The van der Waals surface area contributed by atoms with Gasteiger partial charge in [-0.25, -0.2) is 19.1 Å². The third-order valence-corrected chi connectivity index (χ3v) is 3.83. The van der Waals surface area contributed by atoms with Gasteiger partial charge in [-0.05, 0) is 50.2 Å². The van der Waals surface area contributed by atoms with Gasteiger partial charge in [0.15, 0.2) is 0 Å². The quantitative estimate of drug-likeness (QED) is 0.386. The number of hydrogen-bond donors (Lipinski definition) is 2. The number of amides is 1. The molecule has 1 amide bonds. The third kappa shape index (κ3) is 4.52. The fourth-order valence-corrected chi connectivity index (χ4v) is 2.60. The summed E-state index contributed by atoms with van der Waals surface area (Å²) in [5.74, 6) is -0.00337. The number of para-hydroxylation sites is 2. The molecule has 0 unspecified atom stereocenters. The molecule has 0 aliphatic carbocycles. The van der Waals surface area contributed by atoms with Crippen molar-refractivity contribution in [3.8, 4) is 5.75 Å². The van der Waals surface area contributed by atoms with Gasteiger partial charge in [0.25, 0.3) is 0 Å². The number of imidazole rings is 1. The number of hydrogen-bond acceptors (Lipinski definition) is 7. The Hall–Kier alpha value is -3.88. The molecule has 2 N–H and O–H groups in total. The maximum atomic E-state index is 11.8. The molecular weight excluding hydrogens is 376 g/mol. The molecule has 0 fully saturated rings. The van der Waals surface area contributed by atoms with Crippen LogP contribution in [0, 0.1) is 5.41 Å². The number of fused-ring (bicyclic) bond motifs is 1. The summed E-state index contributed by atoms with van der Waals surface area (Å²) in [6.07, 6.45) is -0.685. The van der Waals surface area contributed by atoms with E-state index in [1.165, 1.54) is 4.57 Å². The largest absolute Gasteiger partial charge is 0.462 e. The number of nitrogens with one attached hydrogen (secondary N) is 2. The summed E-state index contributed by atoms with van der Waals surface area (Å²) in [4.78, 5) is 27.9. The molecule has 150 valence electrons. The lowest BCUT2D eigenvalue weighted by molar-refractivity contribution is 0.0526. The van der Waals surface area contributed by atoms with Crippen LogP contribution in [0.3, 0.4) is 0 Å². The van der Waals surface area contributed by atoms with Crippen LogP contribution < -0.4 is 10.1 Å². The molecule has 3 rings (SSSR count). The average molecular weight is 396 g/mol. The second-order valence-corrected chi connectivity index (χ2v) is 5.76. The minimum Gasteiger partial charge on any atom is -0.462 e. The first-order valence-electron chi connectivity index (χ1n) is 8.98. The van der Waals surface area contributed by atoms with Crippen LogP contribution in [0.4, 0.5) is 10.7 Å². The number of esters is 1. The lowest BCUT2D eigenvalue weighted by atomic mass is 10.2. The van der Waals surface area contributed by atoms with E-state index >= 15 is 0 Å². The van der Waals surface area contributed by atoms with E-state index in [1.807, 2.05) is 0 Å². The first-order valence-corrected chi connectivity index (χ1v) is 8.98. The van der Waals surface area contributed by atoms with Crippen molar-refractivity contribution < 1.29 is 23.8 Å². The summed E-state index contributed by atoms with van der Waals surface area (Å²) in [6, 6.07) is 13.0. The van der Waals surface area contributed by atoms with Gasteiger partial charge in [0, 0.05) is 0 Å². The van der Waals surface area contributed by atoms with E-state index in [0.29, 0.717) is 22.3 Å². The fraction of sp³-hybridized carbons (Fsp3) is 0.200. The van der Waals surface area contributed by atoms with E-state index in [1.54, 1.807) is 62.4 Å². The van der Waals surface area contributed by atoms with Gasteiger partial charge in [-0.2, -0.15) is 0 Å². The van der Waals surface area contributed by atoms with Gasteiger partial charge in [0.2, 0.25) is 5.95 Å². The lowest BCUT2D eigenvalue weighted by Gasteiger charge is -2.12. The molecule has 9 nitrogen and oxygen atoms in total. The summed E-state index contributed by atoms with van der Waals surface area (Å²) in [5, 5.41) is 10.9. The Morgan fingerprint density at radius 3 is 2.41 bits per heavy atom. The van der Waals surface area contributed by atoms with Crippen molar-refractivity contribution >= 4 is 35.1 Å². The highest BCUT2D eigenvalue weighted by atomic mass is 16.5. The maximum Gasteiger partial charge on any atom is 0.413 e.